The first kappa shape index (κ1) is 15.0. The lowest BCUT2D eigenvalue weighted by molar-refractivity contribution is -0.119. The van der Waals surface area contributed by atoms with Crippen LogP contribution >= 0.6 is 0 Å². The van der Waals surface area contributed by atoms with E-state index in [-0.39, 0.29) is 16.6 Å². The standard InChI is InChI=1S/C12H14N4O4S/c1-8-12(15-20-14-8)16-21(18,19)11-5-3-10(4-6-11)7-13-9(2)17/h3-6H,7H2,1-2H3,(H,13,17)(H,15,16). The van der Waals surface area contributed by atoms with Crippen molar-refractivity contribution in [3.05, 3.63) is 35.5 Å². The monoisotopic (exact) mass is 310 g/mol. The van der Waals surface area contributed by atoms with Crippen LogP contribution in [0.4, 0.5) is 5.82 Å². The van der Waals surface area contributed by atoms with Gasteiger partial charge in [-0.15, -0.1) is 0 Å². The van der Waals surface area contributed by atoms with Gasteiger partial charge >= 0.3 is 0 Å². The van der Waals surface area contributed by atoms with Crippen molar-refractivity contribution in [1.82, 2.24) is 15.6 Å². The summed E-state index contributed by atoms with van der Waals surface area (Å²) in [6, 6.07) is 6.14. The third-order valence-corrected chi connectivity index (χ3v) is 4.01. The Kier molecular flexibility index (Phi) is 4.22. The lowest BCUT2D eigenvalue weighted by atomic mass is 10.2. The molecule has 1 aromatic carbocycles. The van der Waals surface area contributed by atoms with Crippen LogP contribution in [0.25, 0.3) is 0 Å². The molecule has 0 saturated carbocycles. The predicted octanol–water partition coefficient (Wildman–Crippen LogP) is 0.815. The lowest BCUT2D eigenvalue weighted by Gasteiger charge is -2.07. The molecule has 0 bridgehead atoms. The minimum Gasteiger partial charge on any atom is -0.352 e. The Hall–Kier alpha value is -2.42. The molecule has 112 valence electrons. The minimum absolute atomic E-state index is 0.0531. The molecule has 0 saturated heterocycles. The van der Waals surface area contributed by atoms with Crippen molar-refractivity contribution in [3.8, 4) is 0 Å². The number of rotatable bonds is 5. The smallest absolute Gasteiger partial charge is 0.263 e. The van der Waals surface area contributed by atoms with Crippen LogP contribution in [-0.4, -0.2) is 24.6 Å². The first-order valence-corrected chi connectivity index (χ1v) is 7.52. The van der Waals surface area contributed by atoms with Gasteiger partial charge in [-0.2, -0.15) is 0 Å². The number of nitrogens with one attached hydrogen (secondary N) is 2. The largest absolute Gasteiger partial charge is 0.352 e. The fourth-order valence-electron chi connectivity index (χ4n) is 1.52. The Morgan fingerprint density at radius 1 is 1.24 bits per heavy atom. The number of carbonyl (C=O) groups is 1. The summed E-state index contributed by atoms with van der Waals surface area (Å²) in [5, 5.41) is 9.59. The first-order chi connectivity index (χ1) is 9.88. The van der Waals surface area contributed by atoms with Crippen LogP contribution in [0, 0.1) is 6.92 Å². The highest BCUT2D eigenvalue weighted by atomic mass is 32.2. The number of nitrogens with zero attached hydrogens (tertiary/aromatic N) is 2. The topological polar surface area (TPSA) is 114 Å². The highest BCUT2D eigenvalue weighted by molar-refractivity contribution is 7.92. The molecular weight excluding hydrogens is 296 g/mol. The molecule has 21 heavy (non-hydrogen) atoms. The second kappa shape index (κ2) is 5.92. The van der Waals surface area contributed by atoms with Crippen molar-refractivity contribution in [2.45, 2.75) is 25.3 Å². The fraction of sp³-hybridized carbons (Fsp3) is 0.250. The van der Waals surface area contributed by atoms with Crippen molar-refractivity contribution >= 4 is 21.7 Å². The first-order valence-electron chi connectivity index (χ1n) is 6.04. The van der Waals surface area contributed by atoms with Crippen molar-refractivity contribution in [3.63, 3.8) is 0 Å². The minimum atomic E-state index is -3.75. The van der Waals surface area contributed by atoms with E-state index in [1.165, 1.54) is 19.1 Å². The summed E-state index contributed by atoms with van der Waals surface area (Å²) in [5.74, 6) is -0.0975. The molecule has 2 aromatic rings. The highest BCUT2D eigenvalue weighted by Crippen LogP contribution is 2.16. The van der Waals surface area contributed by atoms with Gasteiger partial charge in [-0.3, -0.25) is 9.52 Å². The summed E-state index contributed by atoms with van der Waals surface area (Å²) < 4.78 is 31.0. The number of hydrogen-bond acceptors (Lipinski definition) is 6. The second-order valence-corrected chi connectivity index (χ2v) is 6.04. The van der Waals surface area contributed by atoms with Crippen molar-refractivity contribution in [2.75, 3.05) is 4.72 Å². The number of hydrogen-bond donors (Lipinski definition) is 2. The van der Waals surface area contributed by atoms with E-state index < -0.39 is 10.0 Å². The van der Waals surface area contributed by atoms with E-state index in [0.29, 0.717) is 12.2 Å². The molecule has 9 heteroatoms. The number of carbonyl (C=O) groups excluding carboxylic acids is 1. The molecule has 1 amide bonds. The summed E-state index contributed by atoms with van der Waals surface area (Å²) in [4.78, 5) is 10.9. The summed E-state index contributed by atoms with van der Waals surface area (Å²) >= 11 is 0. The SMILES string of the molecule is CC(=O)NCc1ccc(S(=O)(=O)Nc2nonc2C)cc1. The molecule has 0 aliphatic carbocycles. The number of aryl methyl sites for hydroxylation is 1. The zero-order chi connectivity index (χ0) is 15.5. The quantitative estimate of drug-likeness (QED) is 0.845. The van der Waals surface area contributed by atoms with Crippen molar-refractivity contribution in [2.24, 2.45) is 0 Å². The van der Waals surface area contributed by atoms with Gasteiger partial charge in [0.25, 0.3) is 10.0 Å². The number of sulfonamides is 1. The van der Waals surface area contributed by atoms with E-state index in [1.807, 2.05) is 0 Å². The zero-order valence-electron chi connectivity index (χ0n) is 11.5. The van der Waals surface area contributed by atoms with E-state index in [2.05, 4.69) is 25.0 Å². The fourth-order valence-corrected chi connectivity index (χ4v) is 2.58. The average Bonchev–Trinajstić information content (AvgIpc) is 2.82. The lowest BCUT2D eigenvalue weighted by Crippen LogP contribution is -2.19. The van der Waals surface area contributed by atoms with Gasteiger partial charge in [0.2, 0.25) is 11.7 Å². The maximum Gasteiger partial charge on any atom is 0.263 e. The van der Waals surface area contributed by atoms with Crippen LogP contribution in [0.1, 0.15) is 18.2 Å². The molecule has 0 aliphatic rings. The molecule has 2 N–H and O–H groups in total. The van der Waals surface area contributed by atoms with E-state index in [4.69, 9.17) is 0 Å². The molecular formula is C12H14N4O4S. The maximum atomic E-state index is 12.1. The van der Waals surface area contributed by atoms with Crippen LogP contribution in [-0.2, 0) is 21.4 Å². The third kappa shape index (κ3) is 3.78. The normalized spacial score (nSPS) is 11.1. The maximum absolute atomic E-state index is 12.1. The molecule has 1 aromatic heterocycles. The van der Waals surface area contributed by atoms with Gasteiger partial charge in [0, 0.05) is 13.5 Å². The van der Waals surface area contributed by atoms with Gasteiger partial charge in [0.1, 0.15) is 5.69 Å². The summed E-state index contributed by atoms with van der Waals surface area (Å²) in [7, 11) is -3.75. The Bertz CT molecular complexity index is 737. The third-order valence-electron chi connectivity index (χ3n) is 2.66. The van der Waals surface area contributed by atoms with E-state index in [0.717, 1.165) is 5.56 Å². The van der Waals surface area contributed by atoms with Crippen LogP contribution < -0.4 is 10.0 Å². The van der Waals surface area contributed by atoms with Gasteiger partial charge in [0.15, 0.2) is 0 Å². The predicted molar refractivity (Wildman–Crippen MR) is 73.8 cm³/mol. The molecule has 0 unspecified atom stereocenters. The molecule has 0 atom stereocenters. The molecule has 2 rings (SSSR count). The van der Waals surface area contributed by atoms with Crippen molar-refractivity contribution in [1.29, 1.82) is 0 Å². The van der Waals surface area contributed by atoms with E-state index in [9.17, 15) is 13.2 Å². The van der Waals surface area contributed by atoms with Gasteiger partial charge in [0.05, 0.1) is 4.90 Å². The zero-order valence-corrected chi connectivity index (χ0v) is 12.3. The second-order valence-electron chi connectivity index (χ2n) is 4.36. The summed E-state index contributed by atoms with van der Waals surface area (Å²) in [6.45, 7) is 3.33. The summed E-state index contributed by atoms with van der Waals surface area (Å²) in [6.07, 6.45) is 0. The molecule has 0 radical (unpaired) electrons. The van der Waals surface area contributed by atoms with Gasteiger partial charge < -0.3 is 5.32 Å². The van der Waals surface area contributed by atoms with Crippen LogP contribution in [0.15, 0.2) is 33.8 Å². The Labute approximate surface area is 121 Å². The Morgan fingerprint density at radius 3 is 2.43 bits per heavy atom. The molecule has 8 nitrogen and oxygen atoms in total. The summed E-state index contributed by atoms with van der Waals surface area (Å²) in [5.41, 5.74) is 1.14. The molecule has 0 fully saturated rings. The molecule has 0 spiro atoms. The highest BCUT2D eigenvalue weighted by Gasteiger charge is 2.17. The average molecular weight is 310 g/mol. The molecule has 1 heterocycles. The van der Waals surface area contributed by atoms with Gasteiger partial charge in [-0.05, 0) is 29.8 Å². The number of amides is 1. The van der Waals surface area contributed by atoms with Gasteiger partial charge in [-0.25, -0.2) is 13.0 Å². The Morgan fingerprint density at radius 2 is 1.90 bits per heavy atom. The molecule has 0 aliphatic heterocycles. The Balaban J connectivity index is 2.13. The van der Waals surface area contributed by atoms with E-state index >= 15 is 0 Å². The van der Waals surface area contributed by atoms with Gasteiger partial charge in [-0.1, -0.05) is 17.3 Å². The number of benzene rings is 1. The van der Waals surface area contributed by atoms with Crippen LogP contribution in [0.3, 0.4) is 0 Å². The number of anilines is 1. The van der Waals surface area contributed by atoms with E-state index in [1.54, 1.807) is 19.1 Å². The number of aromatic nitrogens is 2. The van der Waals surface area contributed by atoms with Crippen LogP contribution in [0.5, 0.6) is 0 Å². The van der Waals surface area contributed by atoms with Crippen LogP contribution in [0.2, 0.25) is 0 Å². The van der Waals surface area contributed by atoms with Crippen molar-refractivity contribution < 1.29 is 17.8 Å².